The van der Waals surface area contributed by atoms with Crippen LogP contribution in [0.1, 0.15) is 5.56 Å². The standard InChI is InChI=1S/C34H28N2/c1-25-30-17-9-11-19-32(30)34(33-20-12-10-18-31(25)33)36(28-15-7-4-8-16-28)29-23-21-27(22-24-29)35(2)26-13-5-3-6-14-26/h3-24H,1-2H3. The number of nitrogens with zero attached hydrogens (tertiary/aromatic N) is 2. The summed E-state index contributed by atoms with van der Waals surface area (Å²) in [5.74, 6) is 0. The third-order valence-corrected chi connectivity index (χ3v) is 7.05. The second kappa shape index (κ2) is 9.24. The Bertz CT molecular complexity index is 1580. The van der Waals surface area contributed by atoms with Crippen LogP contribution < -0.4 is 9.80 Å². The van der Waals surface area contributed by atoms with E-state index in [9.17, 15) is 0 Å². The summed E-state index contributed by atoms with van der Waals surface area (Å²) < 4.78 is 0. The lowest BCUT2D eigenvalue weighted by Crippen LogP contribution is -2.13. The maximum atomic E-state index is 2.40. The Morgan fingerprint density at radius 2 is 0.750 bits per heavy atom. The fraction of sp³-hybridized carbons (Fsp3) is 0.0588. The van der Waals surface area contributed by atoms with Crippen molar-refractivity contribution in [3.05, 3.63) is 139 Å². The van der Waals surface area contributed by atoms with E-state index in [-0.39, 0.29) is 0 Å². The molecule has 0 heterocycles. The summed E-state index contributed by atoms with van der Waals surface area (Å²) in [4.78, 5) is 4.61. The molecule has 0 aliphatic rings. The van der Waals surface area contributed by atoms with Gasteiger partial charge in [0.25, 0.3) is 0 Å². The minimum absolute atomic E-state index is 1.13. The minimum atomic E-state index is 1.13. The van der Waals surface area contributed by atoms with Gasteiger partial charge in [0.05, 0.1) is 5.69 Å². The van der Waals surface area contributed by atoms with Gasteiger partial charge in [-0.15, -0.1) is 0 Å². The zero-order valence-corrected chi connectivity index (χ0v) is 20.6. The number of fused-ring (bicyclic) bond motifs is 2. The van der Waals surface area contributed by atoms with E-state index in [2.05, 4.69) is 151 Å². The van der Waals surface area contributed by atoms with Crippen LogP contribution in [0.2, 0.25) is 0 Å². The smallest absolute Gasteiger partial charge is 0.0618 e. The van der Waals surface area contributed by atoms with Gasteiger partial charge in [0.15, 0.2) is 0 Å². The average Bonchev–Trinajstić information content (AvgIpc) is 2.96. The van der Waals surface area contributed by atoms with E-state index >= 15 is 0 Å². The lowest BCUT2D eigenvalue weighted by molar-refractivity contribution is 1.20. The van der Waals surface area contributed by atoms with Crippen molar-refractivity contribution in [2.24, 2.45) is 0 Å². The number of aryl methyl sites for hydroxylation is 1. The van der Waals surface area contributed by atoms with E-state index in [1.165, 1.54) is 38.5 Å². The molecule has 0 saturated heterocycles. The van der Waals surface area contributed by atoms with Gasteiger partial charge in [-0.05, 0) is 71.8 Å². The van der Waals surface area contributed by atoms with Crippen molar-refractivity contribution in [2.75, 3.05) is 16.8 Å². The highest BCUT2D eigenvalue weighted by Gasteiger charge is 2.20. The molecule has 2 heteroatoms. The summed E-state index contributed by atoms with van der Waals surface area (Å²) in [7, 11) is 2.11. The Labute approximate surface area is 212 Å². The summed E-state index contributed by atoms with van der Waals surface area (Å²) in [6, 6.07) is 47.5. The highest BCUT2D eigenvalue weighted by atomic mass is 15.1. The number of anilines is 5. The summed E-state index contributed by atoms with van der Waals surface area (Å²) in [5, 5.41) is 5.08. The Balaban J connectivity index is 1.57. The van der Waals surface area contributed by atoms with Crippen molar-refractivity contribution >= 4 is 50.0 Å². The Morgan fingerprint density at radius 1 is 0.389 bits per heavy atom. The number of rotatable bonds is 5. The Hall–Kier alpha value is -4.56. The molecule has 0 atom stereocenters. The predicted octanol–water partition coefficient (Wildman–Crippen LogP) is 9.54. The summed E-state index contributed by atoms with van der Waals surface area (Å²) in [5.41, 5.74) is 7.11. The fourth-order valence-electron chi connectivity index (χ4n) is 5.17. The van der Waals surface area contributed by atoms with Gasteiger partial charge in [0.2, 0.25) is 0 Å². The van der Waals surface area contributed by atoms with Crippen molar-refractivity contribution in [3.63, 3.8) is 0 Å². The van der Waals surface area contributed by atoms with E-state index in [0.29, 0.717) is 0 Å². The van der Waals surface area contributed by atoms with Crippen LogP contribution in [0.15, 0.2) is 133 Å². The van der Waals surface area contributed by atoms with Crippen molar-refractivity contribution in [3.8, 4) is 0 Å². The topological polar surface area (TPSA) is 6.48 Å². The van der Waals surface area contributed by atoms with Gasteiger partial charge in [-0.2, -0.15) is 0 Å². The van der Waals surface area contributed by atoms with Crippen LogP contribution in [-0.2, 0) is 0 Å². The zero-order valence-electron chi connectivity index (χ0n) is 20.6. The molecule has 0 saturated carbocycles. The first-order valence-corrected chi connectivity index (χ1v) is 12.4. The summed E-state index contributed by atoms with van der Waals surface area (Å²) >= 11 is 0. The van der Waals surface area contributed by atoms with Crippen LogP contribution in [-0.4, -0.2) is 7.05 Å². The quantitative estimate of drug-likeness (QED) is 0.234. The maximum Gasteiger partial charge on any atom is 0.0618 e. The van der Waals surface area contributed by atoms with Crippen molar-refractivity contribution in [1.82, 2.24) is 0 Å². The Morgan fingerprint density at radius 3 is 1.28 bits per heavy atom. The van der Waals surface area contributed by atoms with Crippen LogP contribution in [0, 0.1) is 6.92 Å². The third kappa shape index (κ3) is 3.77. The van der Waals surface area contributed by atoms with Crippen molar-refractivity contribution in [1.29, 1.82) is 0 Å². The molecule has 0 aliphatic carbocycles. The van der Waals surface area contributed by atoms with Crippen LogP contribution >= 0.6 is 0 Å². The van der Waals surface area contributed by atoms with Gasteiger partial charge in [-0.1, -0.05) is 84.9 Å². The maximum absolute atomic E-state index is 2.40. The van der Waals surface area contributed by atoms with Gasteiger partial charge in [0.1, 0.15) is 0 Å². The van der Waals surface area contributed by atoms with Crippen LogP contribution in [0.25, 0.3) is 21.5 Å². The molecule has 6 aromatic carbocycles. The normalized spacial score (nSPS) is 11.1. The molecular formula is C34H28N2. The SMILES string of the molecule is Cc1c2ccccc2c(N(c2ccccc2)c2ccc(N(C)c3ccccc3)cc2)c2ccccc12. The molecule has 0 spiro atoms. The third-order valence-electron chi connectivity index (χ3n) is 7.05. The number of para-hydroxylation sites is 2. The van der Waals surface area contributed by atoms with E-state index in [1.807, 2.05) is 6.07 Å². The lowest BCUT2D eigenvalue weighted by Gasteiger charge is -2.29. The first kappa shape index (κ1) is 21.9. The number of benzene rings is 6. The zero-order chi connectivity index (χ0) is 24.5. The molecule has 36 heavy (non-hydrogen) atoms. The highest BCUT2D eigenvalue weighted by molar-refractivity contribution is 6.16. The van der Waals surface area contributed by atoms with E-state index in [1.54, 1.807) is 0 Å². The molecule has 0 fully saturated rings. The van der Waals surface area contributed by atoms with Crippen molar-refractivity contribution in [2.45, 2.75) is 6.92 Å². The molecule has 0 aromatic heterocycles. The average molecular weight is 465 g/mol. The molecule has 174 valence electrons. The molecule has 0 radical (unpaired) electrons. The van der Waals surface area contributed by atoms with Crippen molar-refractivity contribution < 1.29 is 0 Å². The molecule has 0 N–H and O–H groups in total. The Kier molecular flexibility index (Phi) is 5.63. The molecule has 6 rings (SSSR count). The molecule has 0 bridgehead atoms. The van der Waals surface area contributed by atoms with Gasteiger partial charge in [-0.25, -0.2) is 0 Å². The fourth-order valence-corrected chi connectivity index (χ4v) is 5.17. The second-order valence-corrected chi connectivity index (χ2v) is 9.15. The molecule has 0 amide bonds. The minimum Gasteiger partial charge on any atom is -0.345 e. The number of hydrogen-bond acceptors (Lipinski definition) is 2. The molecule has 6 aromatic rings. The van der Waals surface area contributed by atoms with E-state index in [0.717, 1.165) is 17.1 Å². The summed E-state index contributed by atoms with van der Waals surface area (Å²) in [6.45, 7) is 2.23. The van der Waals surface area contributed by atoms with E-state index < -0.39 is 0 Å². The first-order chi connectivity index (χ1) is 17.7. The largest absolute Gasteiger partial charge is 0.345 e. The van der Waals surface area contributed by atoms with Crippen LogP contribution in [0.3, 0.4) is 0 Å². The molecule has 0 aliphatic heterocycles. The molecule has 0 unspecified atom stereocenters. The molecule has 2 nitrogen and oxygen atoms in total. The van der Waals surface area contributed by atoms with E-state index in [4.69, 9.17) is 0 Å². The monoisotopic (exact) mass is 464 g/mol. The van der Waals surface area contributed by atoms with Gasteiger partial charge in [-0.3, -0.25) is 0 Å². The number of hydrogen-bond donors (Lipinski definition) is 0. The lowest BCUT2D eigenvalue weighted by atomic mass is 9.94. The molecular weight excluding hydrogens is 436 g/mol. The van der Waals surface area contributed by atoms with Crippen LogP contribution in [0.4, 0.5) is 28.4 Å². The van der Waals surface area contributed by atoms with Gasteiger partial charge < -0.3 is 9.80 Å². The highest BCUT2D eigenvalue weighted by Crippen LogP contribution is 2.45. The first-order valence-electron chi connectivity index (χ1n) is 12.4. The van der Waals surface area contributed by atoms with Gasteiger partial charge in [0, 0.05) is 40.6 Å². The summed E-state index contributed by atoms with van der Waals surface area (Å²) in [6.07, 6.45) is 0. The predicted molar refractivity (Wildman–Crippen MR) is 155 cm³/mol. The van der Waals surface area contributed by atoms with Crippen LogP contribution in [0.5, 0.6) is 0 Å². The van der Waals surface area contributed by atoms with Gasteiger partial charge >= 0.3 is 0 Å². The second-order valence-electron chi connectivity index (χ2n) is 9.15.